The molecule has 2 heterocycles. The van der Waals surface area contributed by atoms with E-state index in [0.717, 1.165) is 23.2 Å². The van der Waals surface area contributed by atoms with E-state index >= 15 is 0 Å². The highest BCUT2D eigenvalue weighted by Crippen LogP contribution is 2.19. The molecule has 0 amide bonds. The molecular weight excluding hydrogens is 268 g/mol. The minimum absolute atomic E-state index is 0.367. The molecule has 108 valence electrons. The van der Waals surface area contributed by atoms with E-state index in [1.165, 1.54) is 0 Å². The molecule has 0 fully saturated rings. The van der Waals surface area contributed by atoms with Crippen LogP contribution in [0.5, 0.6) is 0 Å². The van der Waals surface area contributed by atoms with E-state index in [9.17, 15) is 0 Å². The van der Waals surface area contributed by atoms with Gasteiger partial charge in [0, 0.05) is 5.56 Å². The van der Waals surface area contributed by atoms with E-state index in [4.69, 9.17) is 10.2 Å². The van der Waals surface area contributed by atoms with Gasteiger partial charge >= 0.3 is 0 Å². The number of hydrogen-bond donors (Lipinski definition) is 1. The summed E-state index contributed by atoms with van der Waals surface area (Å²) in [4.78, 5) is 0. The largest absolute Gasteiger partial charge is 0.419 e. The van der Waals surface area contributed by atoms with Gasteiger partial charge in [0.2, 0.25) is 11.8 Å². The summed E-state index contributed by atoms with van der Waals surface area (Å²) in [6.45, 7) is 4.39. The second-order valence-corrected chi connectivity index (χ2v) is 4.80. The summed E-state index contributed by atoms with van der Waals surface area (Å²) in [5, 5.41) is 16.0. The maximum absolute atomic E-state index is 5.76. The van der Waals surface area contributed by atoms with Crippen LogP contribution in [0.25, 0.3) is 11.5 Å². The van der Waals surface area contributed by atoms with Crippen LogP contribution in [-0.4, -0.2) is 25.2 Å². The molecule has 0 atom stereocenters. The summed E-state index contributed by atoms with van der Waals surface area (Å²) in [5.74, 6) is 1.42. The van der Waals surface area contributed by atoms with Crippen molar-refractivity contribution in [3.05, 3.63) is 41.4 Å². The molecule has 3 rings (SSSR count). The molecule has 0 aliphatic heterocycles. The van der Waals surface area contributed by atoms with Crippen molar-refractivity contribution < 1.29 is 4.42 Å². The molecule has 21 heavy (non-hydrogen) atoms. The smallest absolute Gasteiger partial charge is 0.247 e. The lowest BCUT2D eigenvalue weighted by Crippen LogP contribution is -2.07. The highest BCUT2D eigenvalue weighted by Gasteiger charge is 2.13. The molecule has 0 unspecified atom stereocenters. The van der Waals surface area contributed by atoms with Crippen molar-refractivity contribution in [3.8, 4) is 11.5 Å². The molecule has 1 aromatic carbocycles. The van der Waals surface area contributed by atoms with Gasteiger partial charge < -0.3 is 10.2 Å². The maximum Gasteiger partial charge on any atom is 0.247 e. The van der Waals surface area contributed by atoms with E-state index in [2.05, 4.69) is 20.5 Å². The zero-order chi connectivity index (χ0) is 14.8. The van der Waals surface area contributed by atoms with Gasteiger partial charge in [-0.2, -0.15) is 0 Å². The number of hydrogen-bond acceptors (Lipinski definition) is 6. The molecule has 0 bridgehead atoms. The lowest BCUT2D eigenvalue weighted by atomic mass is 10.1. The predicted octanol–water partition coefficient (Wildman–Crippen LogP) is 1.83. The average Bonchev–Trinajstić information content (AvgIpc) is 3.07. The van der Waals surface area contributed by atoms with Crippen LogP contribution in [0.2, 0.25) is 0 Å². The zero-order valence-electron chi connectivity index (χ0n) is 11.9. The number of nitrogen functional groups attached to an aromatic ring is 1. The van der Waals surface area contributed by atoms with Gasteiger partial charge in [-0.25, -0.2) is 4.68 Å². The first-order valence-electron chi connectivity index (χ1n) is 6.74. The predicted molar refractivity (Wildman–Crippen MR) is 77.4 cm³/mol. The average molecular weight is 284 g/mol. The quantitative estimate of drug-likeness (QED) is 0.785. The van der Waals surface area contributed by atoms with Crippen molar-refractivity contribution in [2.75, 3.05) is 5.73 Å². The molecule has 0 aliphatic rings. The van der Waals surface area contributed by atoms with E-state index in [-0.39, 0.29) is 0 Å². The fourth-order valence-corrected chi connectivity index (χ4v) is 2.18. The minimum atomic E-state index is 0.367. The molecule has 0 radical (unpaired) electrons. The number of benzene rings is 1. The molecule has 2 N–H and O–H groups in total. The summed E-state index contributed by atoms with van der Waals surface area (Å²) in [5.41, 5.74) is 8.67. The lowest BCUT2D eigenvalue weighted by molar-refractivity contribution is 0.463. The van der Waals surface area contributed by atoms with Gasteiger partial charge in [0.1, 0.15) is 6.54 Å². The molecule has 0 saturated heterocycles. The SMILES string of the molecule is CCc1c(N)nnn1Cc1nnc(-c2cccc(C)c2)o1. The lowest BCUT2D eigenvalue weighted by Gasteiger charge is -2.01. The Hall–Kier alpha value is -2.70. The second-order valence-electron chi connectivity index (χ2n) is 4.80. The first-order valence-corrected chi connectivity index (χ1v) is 6.74. The fourth-order valence-electron chi connectivity index (χ4n) is 2.18. The van der Waals surface area contributed by atoms with Gasteiger partial charge in [-0.15, -0.1) is 15.3 Å². The molecule has 7 nitrogen and oxygen atoms in total. The maximum atomic E-state index is 5.76. The van der Waals surface area contributed by atoms with Crippen molar-refractivity contribution in [2.24, 2.45) is 0 Å². The molecule has 0 spiro atoms. The van der Waals surface area contributed by atoms with Crippen LogP contribution in [0.15, 0.2) is 28.7 Å². The number of aryl methyl sites for hydroxylation is 1. The van der Waals surface area contributed by atoms with Crippen molar-refractivity contribution in [1.29, 1.82) is 0 Å². The standard InChI is InChI=1S/C14H16N6O/c1-3-11-13(15)17-19-20(11)8-12-16-18-14(21-12)10-6-4-5-9(2)7-10/h4-7H,3,8,15H2,1-2H3. The topological polar surface area (TPSA) is 95.7 Å². The Kier molecular flexibility index (Phi) is 3.39. The monoisotopic (exact) mass is 284 g/mol. The molecule has 3 aromatic rings. The van der Waals surface area contributed by atoms with Gasteiger partial charge in [-0.3, -0.25) is 0 Å². The Bertz CT molecular complexity index is 760. The van der Waals surface area contributed by atoms with Gasteiger partial charge in [0.15, 0.2) is 5.82 Å². The summed E-state index contributed by atoms with van der Waals surface area (Å²) in [6, 6.07) is 7.92. The van der Waals surface area contributed by atoms with Gasteiger partial charge in [-0.1, -0.05) is 29.8 Å². The van der Waals surface area contributed by atoms with Crippen LogP contribution >= 0.6 is 0 Å². The number of aromatic nitrogens is 5. The Morgan fingerprint density at radius 2 is 2.10 bits per heavy atom. The van der Waals surface area contributed by atoms with Crippen molar-refractivity contribution in [2.45, 2.75) is 26.8 Å². The summed E-state index contributed by atoms with van der Waals surface area (Å²) >= 11 is 0. The summed E-state index contributed by atoms with van der Waals surface area (Å²) in [6.07, 6.45) is 0.748. The third kappa shape index (κ3) is 2.62. The molecular formula is C14H16N6O. The van der Waals surface area contributed by atoms with Crippen LogP contribution in [0.1, 0.15) is 24.1 Å². The normalized spacial score (nSPS) is 11.0. The Balaban J connectivity index is 1.85. The van der Waals surface area contributed by atoms with Gasteiger partial charge in [0.25, 0.3) is 0 Å². The zero-order valence-corrected chi connectivity index (χ0v) is 11.9. The van der Waals surface area contributed by atoms with Crippen LogP contribution in [0.3, 0.4) is 0 Å². The number of nitrogens with zero attached hydrogens (tertiary/aromatic N) is 5. The van der Waals surface area contributed by atoms with Crippen molar-refractivity contribution in [3.63, 3.8) is 0 Å². The van der Waals surface area contributed by atoms with Crippen LogP contribution in [-0.2, 0) is 13.0 Å². The molecule has 2 aromatic heterocycles. The second kappa shape index (κ2) is 5.35. The third-order valence-corrected chi connectivity index (χ3v) is 3.22. The highest BCUT2D eigenvalue weighted by molar-refractivity contribution is 5.53. The van der Waals surface area contributed by atoms with Crippen molar-refractivity contribution in [1.82, 2.24) is 25.2 Å². The van der Waals surface area contributed by atoms with E-state index in [1.807, 2.05) is 38.1 Å². The minimum Gasteiger partial charge on any atom is -0.419 e. The van der Waals surface area contributed by atoms with Crippen LogP contribution in [0, 0.1) is 6.92 Å². The van der Waals surface area contributed by atoms with E-state index in [0.29, 0.717) is 24.1 Å². The number of nitrogens with two attached hydrogens (primary N) is 1. The Morgan fingerprint density at radius 1 is 1.24 bits per heavy atom. The number of rotatable bonds is 4. The molecule has 0 aliphatic carbocycles. The van der Waals surface area contributed by atoms with E-state index < -0.39 is 0 Å². The summed E-state index contributed by atoms with van der Waals surface area (Å²) in [7, 11) is 0. The fraction of sp³-hybridized carbons (Fsp3) is 0.286. The molecule has 0 saturated carbocycles. The van der Waals surface area contributed by atoms with Crippen LogP contribution in [0.4, 0.5) is 5.82 Å². The van der Waals surface area contributed by atoms with Gasteiger partial charge in [-0.05, 0) is 25.5 Å². The Labute approximate surface area is 121 Å². The first kappa shape index (κ1) is 13.3. The highest BCUT2D eigenvalue weighted by atomic mass is 16.4. The third-order valence-electron chi connectivity index (χ3n) is 3.22. The molecule has 7 heteroatoms. The Morgan fingerprint density at radius 3 is 2.86 bits per heavy atom. The summed E-state index contributed by atoms with van der Waals surface area (Å²) < 4.78 is 7.37. The number of anilines is 1. The van der Waals surface area contributed by atoms with Gasteiger partial charge in [0.05, 0.1) is 5.69 Å². The van der Waals surface area contributed by atoms with Crippen LogP contribution < -0.4 is 5.73 Å². The van der Waals surface area contributed by atoms with Crippen molar-refractivity contribution >= 4 is 5.82 Å². The van der Waals surface area contributed by atoms with E-state index in [1.54, 1.807) is 4.68 Å². The first-order chi connectivity index (χ1) is 10.2.